The minimum Gasteiger partial charge on any atom is -0.496 e. The van der Waals surface area contributed by atoms with Crippen molar-refractivity contribution in [1.29, 1.82) is 0 Å². The van der Waals surface area contributed by atoms with Crippen molar-refractivity contribution >= 4 is 0 Å². The number of hydrogen-bond acceptors (Lipinski definition) is 3. The molecule has 0 amide bonds. The Kier molecular flexibility index (Phi) is 3.47. The topological polar surface area (TPSA) is 48.1 Å². The van der Waals surface area contributed by atoms with Crippen molar-refractivity contribution in [3.63, 3.8) is 0 Å². The van der Waals surface area contributed by atoms with Gasteiger partial charge in [0.2, 0.25) is 0 Å². The van der Waals surface area contributed by atoms with Gasteiger partial charge in [-0.25, -0.2) is 0 Å². The molecule has 1 aromatic rings. The van der Waals surface area contributed by atoms with E-state index in [9.17, 15) is 0 Å². The molecule has 1 unspecified atom stereocenters. The minimum atomic E-state index is 0.133. The molecule has 0 spiro atoms. The molecule has 0 fully saturated rings. The Bertz CT molecular complexity index is 321. The van der Waals surface area contributed by atoms with Crippen molar-refractivity contribution in [1.82, 2.24) is 4.98 Å². The van der Waals surface area contributed by atoms with Gasteiger partial charge in [-0.05, 0) is 20.8 Å². The van der Waals surface area contributed by atoms with Gasteiger partial charge in [-0.1, -0.05) is 0 Å². The quantitative estimate of drug-likeness (QED) is 0.795. The summed E-state index contributed by atoms with van der Waals surface area (Å²) >= 11 is 0. The number of nitrogens with two attached hydrogens (primary N) is 1. The van der Waals surface area contributed by atoms with Gasteiger partial charge in [-0.3, -0.25) is 4.98 Å². The summed E-state index contributed by atoms with van der Waals surface area (Å²) in [6.45, 7) is 6.00. The summed E-state index contributed by atoms with van der Waals surface area (Å²) < 4.78 is 5.32. The van der Waals surface area contributed by atoms with Crippen molar-refractivity contribution in [2.24, 2.45) is 5.73 Å². The van der Waals surface area contributed by atoms with E-state index in [1.54, 1.807) is 7.11 Å². The molecule has 0 bridgehead atoms. The summed E-state index contributed by atoms with van der Waals surface area (Å²) in [5.74, 6) is 0.927. The predicted molar refractivity (Wildman–Crippen MR) is 57.6 cm³/mol. The van der Waals surface area contributed by atoms with Crippen molar-refractivity contribution in [3.8, 4) is 5.75 Å². The van der Waals surface area contributed by atoms with E-state index in [0.717, 1.165) is 29.0 Å². The molecule has 3 heteroatoms. The first-order chi connectivity index (χ1) is 6.56. The lowest BCUT2D eigenvalue weighted by Crippen LogP contribution is -2.19. The van der Waals surface area contributed by atoms with Gasteiger partial charge in [0.25, 0.3) is 0 Å². The molecule has 78 valence electrons. The Morgan fingerprint density at radius 2 is 2.14 bits per heavy atom. The van der Waals surface area contributed by atoms with Gasteiger partial charge in [-0.15, -0.1) is 0 Å². The van der Waals surface area contributed by atoms with Crippen molar-refractivity contribution in [2.45, 2.75) is 33.2 Å². The fourth-order valence-corrected chi connectivity index (χ4v) is 1.58. The van der Waals surface area contributed by atoms with E-state index in [2.05, 4.69) is 4.98 Å². The predicted octanol–water partition coefficient (Wildman–Crippen LogP) is 1.60. The van der Waals surface area contributed by atoms with E-state index in [0.29, 0.717) is 0 Å². The van der Waals surface area contributed by atoms with Gasteiger partial charge < -0.3 is 10.5 Å². The van der Waals surface area contributed by atoms with E-state index < -0.39 is 0 Å². The molecular formula is C11H18N2O. The molecule has 0 saturated heterocycles. The van der Waals surface area contributed by atoms with Crippen LogP contribution in [-0.4, -0.2) is 18.1 Å². The molecule has 1 atom stereocenters. The summed E-state index contributed by atoms with van der Waals surface area (Å²) in [5, 5.41) is 0. The van der Waals surface area contributed by atoms with Crippen LogP contribution in [-0.2, 0) is 6.42 Å². The molecule has 0 saturated carbocycles. The second kappa shape index (κ2) is 4.42. The highest BCUT2D eigenvalue weighted by molar-refractivity contribution is 5.41. The number of methoxy groups -OCH3 is 1. The maximum absolute atomic E-state index is 5.74. The highest BCUT2D eigenvalue weighted by Crippen LogP contribution is 2.24. The summed E-state index contributed by atoms with van der Waals surface area (Å²) in [6.07, 6.45) is 2.63. The third-order valence-electron chi connectivity index (χ3n) is 2.27. The van der Waals surface area contributed by atoms with Crippen molar-refractivity contribution in [3.05, 3.63) is 23.0 Å². The van der Waals surface area contributed by atoms with Gasteiger partial charge in [0, 0.05) is 35.5 Å². The number of aryl methyl sites for hydroxylation is 1. The number of rotatable bonds is 3. The Morgan fingerprint density at radius 1 is 1.50 bits per heavy atom. The zero-order valence-electron chi connectivity index (χ0n) is 9.29. The zero-order valence-corrected chi connectivity index (χ0v) is 9.29. The molecule has 0 aliphatic heterocycles. The Labute approximate surface area is 85.3 Å². The largest absolute Gasteiger partial charge is 0.496 e. The standard InChI is InChI=1S/C11H18N2O/c1-7-6-13-10(5-8(2)12)9(3)11(7)14-4/h6,8H,5,12H2,1-4H3. The highest BCUT2D eigenvalue weighted by atomic mass is 16.5. The first kappa shape index (κ1) is 11.0. The second-order valence-corrected chi connectivity index (χ2v) is 3.73. The van der Waals surface area contributed by atoms with Crippen LogP contribution in [0.15, 0.2) is 6.20 Å². The first-order valence-corrected chi connectivity index (χ1v) is 4.81. The molecule has 0 radical (unpaired) electrons. The fraction of sp³-hybridized carbons (Fsp3) is 0.545. The third kappa shape index (κ3) is 2.23. The number of pyridine rings is 1. The van der Waals surface area contributed by atoms with Gasteiger partial charge in [0.05, 0.1) is 7.11 Å². The summed E-state index contributed by atoms with van der Waals surface area (Å²) in [7, 11) is 1.69. The van der Waals surface area contributed by atoms with Crippen LogP contribution >= 0.6 is 0 Å². The Hall–Kier alpha value is -1.09. The van der Waals surface area contributed by atoms with E-state index in [-0.39, 0.29) is 6.04 Å². The zero-order chi connectivity index (χ0) is 10.7. The van der Waals surface area contributed by atoms with Crippen LogP contribution in [0.25, 0.3) is 0 Å². The molecule has 0 aromatic carbocycles. The monoisotopic (exact) mass is 194 g/mol. The Balaban J connectivity index is 3.08. The molecular weight excluding hydrogens is 176 g/mol. The fourth-order valence-electron chi connectivity index (χ4n) is 1.58. The van der Waals surface area contributed by atoms with Crippen molar-refractivity contribution in [2.75, 3.05) is 7.11 Å². The van der Waals surface area contributed by atoms with Gasteiger partial charge >= 0.3 is 0 Å². The normalized spacial score (nSPS) is 12.6. The molecule has 1 rings (SSSR count). The molecule has 14 heavy (non-hydrogen) atoms. The molecule has 2 N–H and O–H groups in total. The van der Waals surface area contributed by atoms with Crippen LogP contribution in [0.5, 0.6) is 5.75 Å². The maximum atomic E-state index is 5.74. The van der Waals surface area contributed by atoms with E-state index >= 15 is 0 Å². The minimum absolute atomic E-state index is 0.133. The van der Waals surface area contributed by atoms with Crippen LogP contribution in [0.3, 0.4) is 0 Å². The SMILES string of the molecule is COc1c(C)cnc(CC(C)N)c1C. The number of ether oxygens (including phenoxy) is 1. The molecule has 0 aliphatic rings. The van der Waals surface area contributed by atoms with E-state index in [4.69, 9.17) is 10.5 Å². The first-order valence-electron chi connectivity index (χ1n) is 4.81. The maximum Gasteiger partial charge on any atom is 0.128 e. The highest BCUT2D eigenvalue weighted by Gasteiger charge is 2.10. The second-order valence-electron chi connectivity index (χ2n) is 3.73. The third-order valence-corrected chi connectivity index (χ3v) is 2.27. The molecule has 1 heterocycles. The van der Waals surface area contributed by atoms with Crippen molar-refractivity contribution < 1.29 is 4.74 Å². The Morgan fingerprint density at radius 3 is 2.64 bits per heavy atom. The molecule has 0 aliphatic carbocycles. The molecule has 3 nitrogen and oxygen atoms in total. The van der Waals surface area contributed by atoms with Gasteiger partial charge in [0.15, 0.2) is 0 Å². The summed E-state index contributed by atoms with van der Waals surface area (Å²) in [4.78, 5) is 4.37. The van der Waals surface area contributed by atoms with Crippen LogP contribution in [0, 0.1) is 13.8 Å². The van der Waals surface area contributed by atoms with Crippen LogP contribution in [0.2, 0.25) is 0 Å². The summed E-state index contributed by atoms with van der Waals surface area (Å²) in [5.41, 5.74) is 8.94. The lowest BCUT2D eigenvalue weighted by Gasteiger charge is -2.13. The lowest BCUT2D eigenvalue weighted by molar-refractivity contribution is 0.406. The smallest absolute Gasteiger partial charge is 0.128 e. The molecule has 1 aromatic heterocycles. The van der Waals surface area contributed by atoms with Gasteiger partial charge in [0.1, 0.15) is 5.75 Å². The number of aromatic nitrogens is 1. The number of nitrogens with zero attached hydrogens (tertiary/aromatic N) is 1. The van der Waals surface area contributed by atoms with Gasteiger partial charge in [-0.2, -0.15) is 0 Å². The van der Waals surface area contributed by atoms with Crippen LogP contribution in [0.4, 0.5) is 0 Å². The van der Waals surface area contributed by atoms with E-state index in [1.807, 2.05) is 27.0 Å². The van der Waals surface area contributed by atoms with E-state index in [1.165, 1.54) is 0 Å². The average molecular weight is 194 g/mol. The lowest BCUT2D eigenvalue weighted by atomic mass is 10.1. The van der Waals surface area contributed by atoms with Crippen LogP contribution < -0.4 is 10.5 Å². The summed E-state index contributed by atoms with van der Waals surface area (Å²) in [6, 6.07) is 0.133. The average Bonchev–Trinajstić information content (AvgIpc) is 2.10. The van der Waals surface area contributed by atoms with Crippen LogP contribution in [0.1, 0.15) is 23.7 Å². The number of hydrogen-bond donors (Lipinski definition) is 1.